The van der Waals surface area contributed by atoms with Crippen LogP contribution in [-0.4, -0.2) is 158 Å². The Morgan fingerprint density at radius 1 is 0.697 bits per heavy atom. The number of aliphatic carboxylic acids is 3. The van der Waals surface area contributed by atoms with Gasteiger partial charge in [-0.2, -0.15) is 0 Å². The first kappa shape index (κ1) is 26.6. The Kier molecular flexibility index (Phi) is 11.1. The van der Waals surface area contributed by atoms with Crippen LogP contribution in [0.25, 0.3) is 0 Å². The summed E-state index contributed by atoms with van der Waals surface area (Å²) in [6.45, 7) is 3.11. The molecule has 0 radical (unpaired) electrons. The molecular weight excluding hydrogens is 438 g/mol. The van der Waals surface area contributed by atoms with Gasteiger partial charge in [0.2, 0.25) is 0 Å². The Labute approximate surface area is 191 Å². The molecule has 4 N–H and O–H groups in total. The lowest BCUT2D eigenvalue weighted by atomic mass is 10.2. The summed E-state index contributed by atoms with van der Waals surface area (Å²) in [4.78, 5) is 41.0. The second-order valence-electron chi connectivity index (χ2n) is 8.09. The SMILES string of the molecule is O=C(O)CN1CCN(CC(=O)O)CCN(CC(O)Cn2ccnn2)CCN(CC(=O)O)CC1. The molecule has 186 valence electrons. The summed E-state index contributed by atoms with van der Waals surface area (Å²) >= 11 is 0. The number of hydrogen-bond donors (Lipinski definition) is 4. The smallest absolute Gasteiger partial charge is 0.317 e. The van der Waals surface area contributed by atoms with E-state index in [0.717, 1.165) is 0 Å². The molecule has 1 aromatic heterocycles. The fourth-order valence-corrected chi connectivity index (χ4v) is 3.71. The number of carbonyl (C=O) groups is 3. The molecule has 14 heteroatoms. The van der Waals surface area contributed by atoms with Gasteiger partial charge in [-0.25, -0.2) is 4.68 Å². The van der Waals surface area contributed by atoms with Crippen molar-refractivity contribution in [2.75, 3.05) is 78.5 Å². The summed E-state index contributed by atoms with van der Waals surface area (Å²) in [5.41, 5.74) is 0. The lowest BCUT2D eigenvalue weighted by Crippen LogP contribution is -2.49. The fraction of sp³-hybridized carbons (Fsp3) is 0.737. The van der Waals surface area contributed by atoms with Crippen LogP contribution in [0.15, 0.2) is 12.4 Å². The number of aliphatic hydroxyl groups excluding tert-OH is 1. The minimum Gasteiger partial charge on any atom is -0.480 e. The molecule has 1 aliphatic rings. The normalized spacial score (nSPS) is 19.4. The summed E-state index contributed by atoms with van der Waals surface area (Å²) in [5, 5.41) is 45.8. The lowest BCUT2D eigenvalue weighted by Gasteiger charge is -2.33. The van der Waals surface area contributed by atoms with Gasteiger partial charge in [-0.1, -0.05) is 5.21 Å². The van der Waals surface area contributed by atoms with Gasteiger partial charge in [0.1, 0.15) is 0 Å². The van der Waals surface area contributed by atoms with Gasteiger partial charge in [-0.15, -0.1) is 5.10 Å². The zero-order valence-corrected chi connectivity index (χ0v) is 18.6. The van der Waals surface area contributed by atoms with Crippen LogP contribution in [-0.2, 0) is 20.9 Å². The zero-order chi connectivity index (χ0) is 24.2. The van der Waals surface area contributed by atoms with Gasteiger partial charge >= 0.3 is 17.9 Å². The van der Waals surface area contributed by atoms with Gasteiger partial charge in [0, 0.05) is 65.1 Å². The number of aromatic nitrogens is 3. The fourth-order valence-electron chi connectivity index (χ4n) is 3.71. The standard InChI is InChI=1S/C19H33N7O7/c27-16(12-26-2-1-20-21-26)11-22-3-5-23(13-17(28)29)7-9-25(15-19(32)33)10-8-24(6-4-22)14-18(30)31/h1-2,16,27H,3-15H2,(H,28,29)(H,30,31)(H,32,33). The third kappa shape index (κ3) is 11.2. The first-order chi connectivity index (χ1) is 15.7. The second kappa shape index (κ2) is 13.8. The number of rotatable bonds is 10. The van der Waals surface area contributed by atoms with Crippen molar-refractivity contribution in [3.63, 3.8) is 0 Å². The topological polar surface area (TPSA) is 176 Å². The van der Waals surface area contributed by atoms with Crippen molar-refractivity contribution in [1.82, 2.24) is 34.6 Å². The molecule has 0 saturated carbocycles. The minimum atomic E-state index is -0.996. The van der Waals surface area contributed by atoms with Gasteiger partial charge in [0.15, 0.2) is 0 Å². The summed E-state index contributed by atoms with van der Waals surface area (Å²) in [7, 11) is 0. The molecule has 2 rings (SSSR count). The van der Waals surface area contributed by atoms with E-state index in [0.29, 0.717) is 58.9 Å². The molecule has 0 amide bonds. The average Bonchev–Trinajstić information content (AvgIpc) is 3.21. The monoisotopic (exact) mass is 471 g/mol. The van der Waals surface area contributed by atoms with E-state index < -0.39 is 24.0 Å². The molecule has 0 spiro atoms. The highest BCUT2D eigenvalue weighted by Gasteiger charge is 2.21. The van der Waals surface area contributed by atoms with E-state index in [4.69, 9.17) is 0 Å². The van der Waals surface area contributed by atoms with Crippen LogP contribution < -0.4 is 0 Å². The first-order valence-corrected chi connectivity index (χ1v) is 10.8. The maximum absolute atomic E-state index is 11.3. The molecule has 0 bridgehead atoms. The average molecular weight is 472 g/mol. The van der Waals surface area contributed by atoms with Crippen LogP contribution in [0.4, 0.5) is 0 Å². The maximum Gasteiger partial charge on any atom is 0.317 e. The van der Waals surface area contributed by atoms with Crippen molar-refractivity contribution in [2.45, 2.75) is 12.6 Å². The Morgan fingerprint density at radius 3 is 1.42 bits per heavy atom. The summed E-state index contributed by atoms with van der Waals surface area (Å²) in [6, 6.07) is 0. The van der Waals surface area contributed by atoms with Crippen LogP contribution in [0.2, 0.25) is 0 Å². The van der Waals surface area contributed by atoms with Gasteiger partial charge in [0.25, 0.3) is 0 Å². The Bertz CT molecular complexity index is 717. The zero-order valence-electron chi connectivity index (χ0n) is 18.6. The van der Waals surface area contributed by atoms with Crippen LogP contribution >= 0.6 is 0 Å². The molecule has 2 heterocycles. The summed E-state index contributed by atoms with van der Waals surface area (Å²) < 4.78 is 1.52. The second-order valence-corrected chi connectivity index (χ2v) is 8.09. The van der Waals surface area contributed by atoms with Crippen molar-refractivity contribution in [1.29, 1.82) is 0 Å². The van der Waals surface area contributed by atoms with Gasteiger partial charge in [0.05, 0.1) is 38.5 Å². The van der Waals surface area contributed by atoms with Crippen LogP contribution in [0.5, 0.6) is 0 Å². The first-order valence-electron chi connectivity index (χ1n) is 10.8. The highest BCUT2D eigenvalue weighted by atomic mass is 16.4. The van der Waals surface area contributed by atoms with Gasteiger partial charge < -0.3 is 20.4 Å². The van der Waals surface area contributed by atoms with Crippen LogP contribution in [0.1, 0.15) is 0 Å². The Morgan fingerprint density at radius 2 is 1.09 bits per heavy atom. The molecule has 1 aromatic rings. The van der Waals surface area contributed by atoms with Gasteiger partial charge in [-0.05, 0) is 0 Å². The largest absolute Gasteiger partial charge is 0.480 e. The van der Waals surface area contributed by atoms with E-state index >= 15 is 0 Å². The van der Waals surface area contributed by atoms with Crippen molar-refractivity contribution >= 4 is 17.9 Å². The number of hydrogen-bond acceptors (Lipinski definition) is 10. The lowest BCUT2D eigenvalue weighted by molar-refractivity contribution is -0.140. The van der Waals surface area contributed by atoms with Gasteiger partial charge in [-0.3, -0.25) is 34.0 Å². The van der Waals surface area contributed by atoms with Crippen molar-refractivity contribution < 1.29 is 34.8 Å². The molecule has 33 heavy (non-hydrogen) atoms. The highest BCUT2D eigenvalue weighted by Crippen LogP contribution is 2.03. The molecular formula is C19H33N7O7. The number of nitrogens with zero attached hydrogens (tertiary/aromatic N) is 7. The predicted octanol–water partition coefficient (Wildman–Crippen LogP) is -2.89. The number of carboxylic acids is 3. The third-order valence-electron chi connectivity index (χ3n) is 5.35. The van der Waals surface area contributed by atoms with Crippen LogP contribution in [0.3, 0.4) is 0 Å². The molecule has 0 aliphatic carbocycles. The van der Waals surface area contributed by atoms with E-state index in [-0.39, 0.29) is 26.2 Å². The molecule has 14 nitrogen and oxygen atoms in total. The summed E-state index contributed by atoms with van der Waals surface area (Å²) in [6.07, 6.45) is 2.42. The minimum absolute atomic E-state index is 0.179. The van der Waals surface area contributed by atoms with E-state index in [1.807, 2.05) is 4.90 Å². The Balaban J connectivity index is 2.09. The van der Waals surface area contributed by atoms with Crippen molar-refractivity contribution in [3.05, 3.63) is 12.4 Å². The quantitative estimate of drug-likeness (QED) is 0.274. The van der Waals surface area contributed by atoms with Crippen LogP contribution in [0, 0.1) is 0 Å². The van der Waals surface area contributed by atoms with E-state index in [1.165, 1.54) is 10.9 Å². The highest BCUT2D eigenvalue weighted by molar-refractivity contribution is 5.69. The van der Waals surface area contributed by atoms with Crippen molar-refractivity contribution in [3.8, 4) is 0 Å². The molecule has 0 aromatic carbocycles. The van der Waals surface area contributed by atoms with Crippen molar-refractivity contribution in [2.24, 2.45) is 0 Å². The molecule has 1 atom stereocenters. The Hall–Kier alpha value is -2.65. The maximum atomic E-state index is 11.3. The predicted molar refractivity (Wildman–Crippen MR) is 115 cm³/mol. The van der Waals surface area contributed by atoms with E-state index in [1.54, 1.807) is 20.9 Å². The van der Waals surface area contributed by atoms with E-state index in [9.17, 15) is 34.8 Å². The molecule has 1 unspecified atom stereocenters. The number of carboxylic acid groups (broad SMARTS) is 3. The number of aliphatic hydroxyl groups is 1. The van der Waals surface area contributed by atoms with E-state index in [2.05, 4.69) is 10.3 Å². The third-order valence-corrected chi connectivity index (χ3v) is 5.35. The molecule has 1 saturated heterocycles. The summed E-state index contributed by atoms with van der Waals surface area (Å²) in [5.74, 6) is -2.95. The number of β-amino-alcohol motifs (C(OH)–C–C–N with tert-alkyl or cyclic N) is 1. The molecule has 1 fully saturated rings. The molecule has 1 aliphatic heterocycles.